The highest BCUT2D eigenvalue weighted by Crippen LogP contribution is 2.23. The Bertz CT molecular complexity index is 1120. The number of hydrogen-bond acceptors (Lipinski definition) is 10. The first-order chi connectivity index (χ1) is 32.2. The Hall–Kier alpha value is -1.41. The maximum absolute atomic E-state index is 13.1. The number of unbranched alkanes of at least 4 members (excludes halogenated alkanes) is 31. The Morgan fingerprint density at radius 1 is 0.515 bits per heavy atom. The van der Waals surface area contributed by atoms with Gasteiger partial charge < -0.3 is 50.5 Å². The maximum Gasteiger partial charge on any atom is 0.249 e. The topological polar surface area (TPSA) is 189 Å². The summed E-state index contributed by atoms with van der Waals surface area (Å²) < 4.78 is 11.1. The normalized spacial score (nSPS) is 20.9. The van der Waals surface area contributed by atoms with Crippen molar-refractivity contribution in [2.24, 2.45) is 0 Å². The minimum absolute atomic E-state index is 0.248. The van der Waals surface area contributed by atoms with Crippen molar-refractivity contribution in [1.29, 1.82) is 0 Å². The lowest BCUT2D eigenvalue weighted by Gasteiger charge is -2.40. The third-order valence-corrected chi connectivity index (χ3v) is 13.5. The van der Waals surface area contributed by atoms with Crippen LogP contribution in [0, 0.1) is 0 Å². The number of allylic oxidation sites excluding steroid dienone is 4. The fourth-order valence-corrected chi connectivity index (χ4v) is 8.93. The van der Waals surface area contributed by atoms with Crippen LogP contribution < -0.4 is 5.32 Å². The maximum atomic E-state index is 13.1. The Morgan fingerprint density at radius 2 is 0.909 bits per heavy atom. The summed E-state index contributed by atoms with van der Waals surface area (Å²) in [6, 6.07) is -1.19. The second kappa shape index (κ2) is 44.8. The molecule has 11 nitrogen and oxygen atoms in total. The van der Waals surface area contributed by atoms with Gasteiger partial charge in [0.15, 0.2) is 6.29 Å². The Balaban J connectivity index is 2.28. The van der Waals surface area contributed by atoms with E-state index in [1.807, 2.05) is 0 Å². The molecular weight excluding hydrogens is 835 g/mol. The zero-order valence-corrected chi connectivity index (χ0v) is 42.4. The zero-order chi connectivity index (χ0) is 48.3. The summed E-state index contributed by atoms with van der Waals surface area (Å²) in [5, 5.41) is 75.9. The number of carbonyl (C=O) groups excluding carboxylic acids is 1. The minimum Gasteiger partial charge on any atom is -0.394 e. The van der Waals surface area contributed by atoms with Crippen LogP contribution >= 0.6 is 0 Å². The lowest BCUT2D eigenvalue weighted by molar-refractivity contribution is -0.303. The van der Waals surface area contributed by atoms with Crippen LogP contribution in [0.2, 0.25) is 0 Å². The molecule has 1 aliphatic rings. The predicted molar refractivity (Wildman–Crippen MR) is 270 cm³/mol. The summed E-state index contributed by atoms with van der Waals surface area (Å²) in [5.41, 5.74) is 0. The van der Waals surface area contributed by atoms with Gasteiger partial charge in [0.25, 0.3) is 0 Å². The molecule has 0 bridgehead atoms. The first kappa shape index (κ1) is 62.6. The van der Waals surface area contributed by atoms with Crippen LogP contribution in [0.15, 0.2) is 24.3 Å². The Labute approximate surface area is 404 Å². The van der Waals surface area contributed by atoms with Gasteiger partial charge in [0, 0.05) is 0 Å². The molecule has 1 saturated heterocycles. The van der Waals surface area contributed by atoms with Crippen molar-refractivity contribution in [2.75, 3.05) is 13.2 Å². The standard InChI is InChI=1S/C55H105NO10/c1-3-5-7-9-11-13-15-17-18-19-20-21-22-23-24-25-26-27-28-29-31-33-35-37-39-41-43-48(59)54(64)56-46(45-65-55-53(63)52(62)51(61)49(44-57)66-55)50(60)47(58)42-40-38-36-34-32-30-16-14-12-10-8-6-4-2/h14,16,34,36,46-53,55,57-63H,3-13,15,17-33,35,37-45H2,1-2H3,(H,56,64)/b16-14+,36-34+. The van der Waals surface area contributed by atoms with E-state index in [0.29, 0.717) is 19.3 Å². The van der Waals surface area contributed by atoms with Crippen molar-refractivity contribution in [2.45, 2.75) is 306 Å². The van der Waals surface area contributed by atoms with Crippen molar-refractivity contribution in [3.05, 3.63) is 24.3 Å². The first-order valence-electron chi connectivity index (χ1n) is 27.7. The first-order valence-corrected chi connectivity index (χ1v) is 27.7. The summed E-state index contributed by atoms with van der Waals surface area (Å²) in [4.78, 5) is 13.1. The van der Waals surface area contributed by atoms with E-state index in [2.05, 4.69) is 43.5 Å². The smallest absolute Gasteiger partial charge is 0.249 e. The molecule has 0 saturated carbocycles. The molecule has 0 radical (unpaired) electrons. The third kappa shape index (κ3) is 33.2. The molecule has 0 aromatic heterocycles. The molecule has 9 atom stereocenters. The number of ether oxygens (including phenoxy) is 2. The predicted octanol–water partition coefficient (Wildman–Crippen LogP) is 11.0. The summed E-state index contributed by atoms with van der Waals surface area (Å²) in [7, 11) is 0. The molecule has 0 aromatic carbocycles. The van der Waals surface area contributed by atoms with Gasteiger partial charge in [0.2, 0.25) is 5.91 Å². The van der Waals surface area contributed by atoms with Crippen molar-refractivity contribution in [3.63, 3.8) is 0 Å². The van der Waals surface area contributed by atoms with Gasteiger partial charge in [-0.25, -0.2) is 0 Å². The molecule has 11 heteroatoms. The van der Waals surface area contributed by atoms with Crippen molar-refractivity contribution >= 4 is 5.91 Å². The molecule has 1 rings (SSSR count). The lowest BCUT2D eigenvalue weighted by atomic mass is 9.98. The van der Waals surface area contributed by atoms with E-state index in [1.165, 1.54) is 167 Å². The number of carbonyl (C=O) groups is 1. The number of nitrogens with one attached hydrogen (secondary N) is 1. The van der Waals surface area contributed by atoms with Gasteiger partial charge in [-0.05, 0) is 51.4 Å². The van der Waals surface area contributed by atoms with Gasteiger partial charge in [0.05, 0.1) is 25.4 Å². The minimum atomic E-state index is -1.67. The highest BCUT2D eigenvalue weighted by molar-refractivity contribution is 5.80. The van der Waals surface area contributed by atoms with Gasteiger partial charge in [0.1, 0.15) is 36.6 Å². The quantitative estimate of drug-likeness (QED) is 0.0215. The second-order valence-corrected chi connectivity index (χ2v) is 19.6. The highest BCUT2D eigenvalue weighted by Gasteiger charge is 2.44. The monoisotopic (exact) mass is 940 g/mol. The molecule has 9 unspecified atom stereocenters. The fraction of sp³-hybridized carbons (Fsp3) is 0.909. The van der Waals surface area contributed by atoms with Gasteiger partial charge >= 0.3 is 0 Å². The lowest BCUT2D eigenvalue weighted by Crippen LogP contribution is -2.60. The van der Waals surface area contributed by atoms with Gasteiger partial charge in [-0.1, -0.05) is 224 Å². The molecular formula is C55H105NO10. The third-order valence-electron chi connectivity index (χ3n) is 13.5. The number of hydrogen-bond donors (Lipinski definition) is 8. The molecule has 8 N–H and O–H groups in total. The van der Waals surface area contributed by atoms with Crippen LogP contribution in [0.4, 0.5) is 0 Å². The SMILES string of the molecule is CCCCCC/C=C/CC/C=C/CCCC(O)C(O)C(COC1OC(CO)C(O)C(O)C1O)NC(=O)C(O)CCCCCCCCCCCCCCCCCCCCCCCCCCCC. The molecule has 0 aromatic rings. The van der Waals surface area contributed by atoms with E-state index in [1.54, 1.807) is 0 Å². The van der Waals surface area contributed by atoms with E-state index in [-0.39, 0.29) is 12.8 Å². The van der Waals surface area contributed by atoms with Crippen LogP contribution in [0.5, 0.6) is 0 Å². The summed E-state index contributed by atoms with van der Waals surface area (Å²) >= 11 is 0. The van der Waals surface area contributed by atoms with E-state index in [4.69, 9.17) is 9.47 Å². The average molecular weight is 940 g/mol. The molecule has 1 amide bonds. The second-order valence-electron chi connectivity index (χ2n) is 19.6. The zero-order valence-electron chi connectivity index (χ0n) is 42.4. The van der Waals surface area contributed by atoms with Crippen LogP contribution in [0.25, 0.3) is 0 Å². The molecule has 0 spiro atoms. The molecule has 66 heavy (non-hydrogen) atoms. The van der Waals surface area contributed by atoms with Crippen LogP contribution in [-0.2, 0) is 14.3 Å². The summed E-state index contributed by atoms with van der Waals surface area (Å²) in [5.74, 6) is -0.707. The van der Waals surface area contributed by atoms with Gasteiger partial charge in [-0.2, -0.15) is 0 Å². The van der Waals surface area contributed by atoms with Gasteiger partial charge in [-0.3, -0.25) is 4.79 Å². The van der Waals surface area contributed by atoms with E-state index in [9.17, 15) is 40.5 Å². The Morgan fingerprint density at radius 3 is 1.35 bits per heavy atom. The van der Waals surface area contributed by atoms with Crippen LogP contribution in [-0.4, -0.2) is 110 Å². The number of aliphatic hydroxyl groups excluding tert-OH is 7. The average Bonchev–Trinajstić information content (AvgIpc) is 3.32. The van der Waals surface area contributed by atoms with Crippen molar-refractivity contribution in [1.82, 2.24) is 5.32 Å². The van der Waals surface area contributed by atoms with E-state index in [0.717, 1.165) is 38.5 Å². The molecule has 1 heterocycles. The number of aliphatic hydroxyl groups is 7. The fourth-order valence-electron chi connectivity index (χ4n) is 8.93. The summed E-state index contributed by atoms with van der Waals surface area (Å²) in [6.45, 7) is 3.42. The molecule has 0 aliphatic carbocycles. The Kier molecular flexibility index (Phi) is 42.5. The van der Waals surface area contributed by atoms with E-state index < -0.39 is 74.2 Å². The van der Waals surface area contributed by atoms with Crippen molar-refractivity contribution in [3.8, 4) is 0 Å². The van der Waals surface area contributed by atoms with Crippen LogP contribution in [0.3, 0.4) is 0 Å². The van der Waals surface area contributed by atoms with E-state index >= 15 is 0 Å². The van der Waals surface area contributed by atoms with Crippen LogP contribution in [0.1, 0.15) is 251 Å². The van der Waals surface area contributed by atoms with Gasteiger partial charge in [-0.15, -0.1) is 0 Å². The largest absolute Gasteiger partial charge is 0.394 e. The number of rotatable bonds is 47. The number of amides is 1. The molecule has 1 aliphatic heterocycles. The molecule has 390 valence electrons. The highest BCUT2D eigenvalue weighted by atomic mass is 16.7. The summed E-state index contributed by atoms with van der Waals surface area (Å²) in [6.07, 6.45) is 41.0. The van der Waals surface area contributed by atoms with Crippen molar-refractivity contribution < 1.29 is 50.0 Å². The molecule has 1 fully saturated rings.